The highest BCUT2D eigenvalue weighted by Crippen LogP contribution is 2.45. The SMILES string of the molecule is C#C/C=C\c1c(C)ncnc1-c1cn(C(CC#N)C2CCC(F)(F)C2)nc1N. The van der Waals surface area contributed by atoms with E-state index in [1.165, 1.54) is 17.1 Å². The number of halogens is 2. The molecule has 3 rings (SSSR count). The van der Waals surface area contributed by atoms with Crippen LogP contribution in [0.25, 0.3) is 17.3 Å². The van der Waals surface area contributed by atoms with Crippen LogP contribution in [0.5, 0.6) is 0 Å². The minimum absolute atomic E-state index is 0.0773. The quantitative estimate of drug-likeness (QED) is 0.795. The zero-order valence-electron chi connectivity index (χ0n) is 15.4. The summed E-state index contributed by atoms with van der Waals surface area (Å²) in [7, 11) is 0. The Labute approximate surface area is 162 Å². The first-order valence-electron chi connectivity index (χ1n) is 8.90. The molecule has 0 saturated heterocycles. The summed E-state index contributed by atoms with van der Waals surface area (Å²) in [6.45, 7) is 1.82. The molecule has 2 aromatic rings. The molecule has 2 unspecified atom stereocenters. The van der Waals surface area contributed by atoms with Crippen LogP contribution >= 0.6 is 0 Å². The predicted molar refractivity (Wildman–Crippen MR) is 102 cm³/mol. The molecule has 2 N–H and O–H groups in total. The first kappa shape index (κ1) is 19.5. The van der Waals surface area contributed by atoms with Crippen molar-refractivity contribution in [3.63, 3.8) is 0 Å². The van der Waals surface area contributed by atoms with Gasteiger partial charge in [-0.1, -0.05) is 5.92 Å². The summed E-state index contributed by atoms with van der Waals surface area (Å²) in [5.41, 5.74) is 8.64. The lowest BCUT2D eigenvalue weighted by Gasteiger charge is -2.21. The summed E-state index contributed by atoms with van der Waals surface area (Å²) >= 11 is 0. The van der Waals surface area contributed by atoms with Gasteiger partial charge < -0.3 is 5.73 Å². The summed E-state index contributed by atoms with van der Waals surface area (Å²) in [5.74, 6) is -0.400. The average Bonchev–Trinajstić information content (AvgIpc) is 3.20. The Kier molecular flexibility index (Phi) is 5.41. The van der Waals surface area contributed by atoms with E-state index in [1.54, 1.807) is 12.3 Å². The lowest BCUT2D eigenvalue weighted by molar-refractivity contribution is 0.00235. The Morgan fingerprint density at radius 3 is 2.93 bits per heavy atom. The number of rotatable bonds is 5. The number of anilines is 1. The van der Waals surface area contributed by atoms with E-state index in [2.05, 4.69) is 27.1 Å². The van der Waals surface area contributed by atoms with Crippen LogP contribution in [0.1, 0.15) is 43.0 Å². The second-order valence-electron chi connectivity index (χ2n) is 6.92. The van der Waals surface area contributed by atoms with Crippen molar-refractivity contribution in [2.45, 2.75) is 44.6 Å². The molecule has 8 heteroatoms. The van der Waals surface area contributed by atoms with Gasteiger partial charge in [0, 0.05) is 30.3 Å². The van der Waals surface area contributed by atoms with E-state index < -0.39 is 12.0 Å². The average molecular weight is 382 g/mol. The fraction of sp³-hybridized carbons (Fsp3) is 0.400. The van der Waals surface area contributed by atoms with Gasteiger partial charge in [0.05, 0.1) is 29.8 Å². The molecule has 2 aromatic heterocycles. The third-order valence-electron chi connectivity index (χ3n) is 5.07. The summed E-state index contributed by atoms with van der Waals surface area (Å²) in [6, 6.07) is 1.61. The van der Waals surface area contributed by atoms with E-state index in [-0.39, 0.29) is 31.0 Å². The van der Waals surface area contributed by atoms with Gasteiger partial charge in [-0.05, 0) is 31.4 Å². The summed E-state index contributed by atoms with van der Waals surface area (Å²) in [4.78, 5) is 8.49. The van der Waals surface area contributed by atoms with Gasteiger partial charge in [0.2, 0.25) is 5.92 Å². The van der Waals surface area contributed by atoms with Gasteiger partial charge in [-0.3, -0.25) is 4.68 Å². The van der Waals surface area contributed by atoms with E-state index in [9.17, 15) is 14.0 Å². The summed E-state index contributed by atoms with van der Waals surface area (Å²) in [5, 5.41) is 13.5. The monoisotopic (exact) mass is 382 g/mol. The molecular weight excluding hydrogens is 362 g/mol. The van der Waals surface area contributed by atoms with Crippen molar-refractivity contribution in [2.24, 2.45) is 5.92 Å². The molecule has 0 radical (unpaired) electrons. The number of nitrogen functional groups attached to an aromatic ring is 1. The van der Waals surface area contributed by atoms with Crippen molar-refractivity contribution in [2.75, 3.05) is 5.73 Å². The number of nitrogens with zero attached hydrogens (tertiary/aromatic N) is 5. The molecule has 0 aliphatic heterocycles. The standard InChI is InChI=1S/C20H20F2N6/c1-3-4-5-15-13(2)25-12-26-18(15)16-11-28(27-19(16)24)17(7-9-23)14-6-8-20(21,22)10-14/h1,4-5,11-12,14,17H,6-8,10H2,2H3,(H2,24,27)/b5-4-. The van der Waals surface area contributed by atoms with Crippen molar-refractivity contribution < 1.29 is 8.78 Å². The summed E-state index contributed by atoms with van der Waals surface area (Å²) < 4.78 is 28.9. The lowest BCUT2D eigenvalue weighted by Crippen LogP contribution is -2.20. The van der Waals surface area contributed by atoms with Crippen molar-refractivity contribution in [3.05, 3.63) is 29.9 Å². The van der Waals surface area contributed by atoms with Crippen LogP contribution < -0.4 is 5.73 Å². The molecule has 0 spiro atoms. The molecule has 2 atom stereocenters. The van der Waals surface area contributed by atoms with Gasteiger partial charge in [-0.15, -0.1) is 6.42 Å². The highest BCUT2D eigenvalue weighted by atomic mass is 19.3. The lowest BCUT2D eigenvalue weighted by atomic mass is 9.95. The molecule has 1 fully saturated rings. The minimum atomic E-state index is -2.70. The van der Waals surface area contributed by atoms with Crippen molar-refractivity contribution in [1.29, 1.82) is 5.26 Å². The van der Waals surface area contributed by atoms with Crippen LogP contribution in [0.15, 0.2) is 18.6 Å². The molecule has 0 amide bonds. The van der Waals surface area contributed by atoms with E-state index in [1.807, 2.05) is 6.92 Å². The highest BCUT2D eigenvalue weighted by Gasteiger charge is 2.43. The van der Waals surface area contributed by atoms with Gasteiger partial charge in [0.15, 0.2) is 5.82 Å². The number of hydrogen-bond acceptors (Lipinski definition) is 5. The smallest absolute Gasteiger partial charge is 0.248 e. The molecule has 0 bridgehead atoms. The first-order valence-corrected chi connectivity index (χ1v) is 8.90. The molecule has 144 valence electrons. The molecule has 0 aromatic carbocycles. The molecule has 1 aliphatic carbocycles. The van der Waals surface area contributed by atoms with Crippen molar-refractivity contribution in [3.8, 4) is 29.7 Å². The fourth-order valence-electron chi connectivity index (χ4n) is 3.67. The Balaban J connectivity index is 2.02. The van der Waals surface area contributed by atoms with Crippen LogP contribution in [0.2, 0.25) is 0 Å². The molecule has 1 aliphatic rings. The minimum Gasteiger partial charge on any atom is -0.382 e. The molecule has 1 saturated carbocycles. The maximum Gasteiger partial charge on any atom is 0.248 e. The van der Waals surface area contributed by atoms with E-state index in [0.717, 1.165) is 0 Å². The maximum atomic E-state index is 13.7. The number of hydrogen-bond donors (Lipinski definition) is 1. The topological polar surface area (TPSA) is 93.4 Å². The first-order chi connectivity index (χ1) is 13.4. The van der Waals surface area contributed by atoms with Gasteiger partial charge >= 0.3 is 0 Å². The van der Waals surface area contributed by atoms with Crippen LogP contribution in [-0.2, 0) is 0 Å². The van der Waals surface area contributed by atoms with Crippen LogP contribution in [0.3, 0.4) is 0 Å². The van der Waals surface area contributed by atoms with Gasteiger partial charge in [-0.2, -0.15) is 10.4 Å². The van der Waals surface area contributed by atoms with Crippen LogP contribution in [0, 0.1) is 36.5 Å². The van der Waals surface area contributed by atoms with Crippen molar-refractivity contribution >= 4 is 11.9 Å². The zero-order valence-corrected chi connectivity index (χ0v) is 15.4. The molecule has 6 nitrogen and oxygen atoms in total. The maximum absolute atomic E-state index is 13.7. The highest BCUT2D eigenvalue weighted by molar-refractivity contribution is 5.79. The number of alkyl halides is 2. The number of aromatic nitrogens is 4. The Bertz CT molecular complexity index is 980. The number of nitriles is 1. The zero-order chi connectivity index (χ0) is 20.3. The Morgan fingerprint density at radius 1 is 1.50 bits per heavy atom. The number of allylic oxidation sites excluding steroid dienone is 1. The Morgan fingerprint density at radius 2 is 2.29 bits per heavy atom. The van der Waals surface area contributed by atoms with Gasteiger partial charge in [0.1, 0.15) is 6.33 Å². The van der Waals surface area contributed by atoms with Crippen molar-refractivity contribution in [1.82, 2.24) is 19.7 Å². The molecular formula is C20H20F2N6. The third-order valence-corrected chi connectivity index (χ3v) is 5.07. The second kappa shape index (κ2) is 7.77. The number of aryl methyl sites for hydroxylation is 1. The van der Waals surface area contributed by atoms with Crippen LogP contribution in [-0.4, -0.2) is 25.7 Å². The van der Waals surface area contributed by atoms with E-state index >= 15 is 0 Å². The molecule has 28 heavy (non-hydrogen) atoms. The van der Waals surface area contributed by atoms with E-state index in [4.69, 9.17) is 12.2 Å². The third kappa shape index (κ3) is 3.86. The Hall–Kier alpha value is -3.26. The normalized spacial score (nSPS) is 19.4. The second-order valence-corrected chi connectivity index (χ2v) is 6.92. The van der Waals surface area contributed by atoms with Gasteiger partial charge in [0.25, 0.3) is 0 Å². The van der Waals surface area contributed by atoms with Crippen LogP contribution in [0.4, 0.5) is 14.6 Å². The molecule has 2 heterocycles. The van der Waals surface area contributed by atoms with E-state index in [0.29, 0.717) is 28.9 Å². The number of terminal acetylenes is 1. The number of nitrogens with two attached hydrogens (primary N) is 1. The predicted octanol–water partition coefficient (Wildman–Crippen LogP) is 3.77. The largest absolute Gasteiger partial charge is 0.382 e. The van der Waals surface area contributed by atoms with Gasteiger partial charge in [-0.25, -0.2) is 18.7 Å². The fourth-order valence-corrected chi connectivity index (χ4v) is 3.67. The summed E-state index contributed by atoms with van der Waals surface area (Å²) in [6.07, 6.45) is 11.6.